The van der Waals surface area contributed by atoms with Gasteiger partial charge >= 0.3 is 0 Å². The maximum Gasteiger partial charge on any atom is 0.131 e. The summed E-state index contributed by atoms with van der Waals surface area (Å²) >= 11 is 3.22. The fourth-order valence-corrected chi connectivity index (χ4v) is 1.78. The largest absolute Gasteiger partial charge is 0.496 e. The monoisotopic (exact) mass is 260 g/mol. The van der Waals surface area contributed by atoms with Gasteiger partial charge in [-0.1, -0.05) is 15.9 Å². The molecule has 4 heteroatoms. The van der Waals surface area contributed by atoms with Crippen LogP contribution in [0.25, 0.3) is 0 Å². The number of methoxy groups -OCH3 is 1. The van der Waals surface area contributed by atoms with E-state index in [0.29, 0.717) is 22.2 Å². The van der Waals surface area contributed by atoms with Gasteiger partial charge in [0.15, 0.2) is 0 Å². The van der Waals surface area contributed by atoms with Crippen LogP contribution in [0.1, 0.15) is 5.56 Å². The van der Waals surface area contributed by atoms with Gasteiger partial charge in [0.1, 0.15) is 11.6 Å². The number of epoxide rings is 1. The van der Waals surface area contributed by atoms with Crippen LogP contribution in [0.15, 0.2) is 16.6 Å². The van der Waals surface area contributed by atoms with E-state index in [1.807, 2.05) is 0 Å². The Hall–Kier alpha value is -0.610. The molecule has 0 amide bonds. The van der Waals surface area contributed by atoms with Crippen LogP contribution in [-0.2, 0) is 11.2 Å². The maximum absolute atomic E-state index is 13.5. The third kappa shape index (κ3) is 2.07. The molecular formula is C10H10BrFO2. The lowest BCUT2D eigenvalue weighted by atomic mass is 10.1. The van der Waals surface area contributed by atoms with E-state index in [0.717, 1.165) is 6.61 Å². The zero-order chi connectivity index (χ0) is 10.1. The van der Waals surface area contributed by atoms with Crippen molar-refractivity contribution in [2.24, 2.45) is 0 Å². The predicted molar refractivity (Wildman–Crippen MR) is 54.1 cm³/mol. The Bertz CT molecular complexity index is 350. The first-order valence-corrected chi connectivity index (χ1v) is 5.13. The molecule has 1 aliphatic rings. The van der Waals surface area contributed by atoms with Crippen LogP contribution in [0.3, 0.4) is 0 Å². The van der Waals surface area contributed by atoms with E-state index >= 15 is 0 Å². The second kappa shape index (κ2) is 3.87. The van der Waals surface area contributed by atoms with Gasteiger partial charge in [-0.05, 0) is 12.1 Å². The van der Waals surface area contributed by atoms with Crippen LogP contribution >= 0.6 is 15.9 Å². The van der Waals surface area contributed by atoms with Gasteiger partial charge in [0.05, 0.1) is 19.8 Å². The minimum atomic E-state index is -0.244. The molecule has 1 saturated heterocycles. The van der Waals surface area contributed by atoms with Crippen LogP contribution < -0.4 is 4.74 Å². The van der Waals surface area contributed by atoms with Gasteiger partial charge in [0.25, 0.3) is 0 Å². The molecule has 76 valence electrons. The molecule has 0 saturated carbocycles. The Balaban J connectivity index is 2.33. The summed E-state index contributed by atoms with van der Waals surface area (Å²) in [5.74, 6) is 0.333. The molecule has 1 atom stereocenters. The molecule has 2 rings (SSSR count). The first-order chi connectivity index (χ1) is 6.70. The normalized spacial score (nSPS) is 19.5. The lowest BCUT2D eigenvalue weighted by molar-refractivity contribution is 0.384. The van der Waals surface area contributed by atoms with Gasteiger partial charge in [0, 0.05) is 16.5 Å². The fraction of sp³-hybridized carbons (Fsp3) is 0.400. The zero-order valence-electron chi connectivity index (χ0n) is 7.72. The van der Waals surface area contributed by atoms with Gasteiger partial charge in [-0.2, -0.15) is 0 Å². The molecule has 0 N–H and O–H groups in total. The lowest BCUT2D eigenvalue weighted by Gasteiger charge is -2.08. The highest BCUT2D eigenvalue weighted by Crippen LogP contribution is 2.30. The number of ether oxygens (including phenoxy) is 2. The highest BCUT2D eigenvalue weighted by atomic mass is 79.9. The summed E-state index contributed by atoms with van der Waals surface area (Å²) in [6.45, 7) is 0.721. The number of hydrogen-bond acceptors (Lipinski definition) is 2. The average molecular weight is 261 g/mol. The van der Waals surface area contributed by atoms with Crippen molar-refractivity contribution in [1.29, 1.82) is 0 Å². The molecular weight excluding hydrogens is 251 g/mol. The van der Waals surface area contributed by atoms with Crippen LogP contribution in [0, 0.1) is 5.82 Å². The van der Waals surface area contributed by atoms with Crippen LogP contribution in [0.5, 0.6) is 5.75 Å². The molecule has 14 heavy (non-hydrogen) atoms. The fourth-order valence-electron chi connectivity index (χ4n) is 1.37. The smallest absolute Gasteiger partial charge is 0.131 e. The summed E-state index contributed by atoms with van der Waals surface area (Å²) in [4.78, 5) is 0. The Kier molecular flexibility index (Phi) is 2.74. The van der Waals surface area contributed by atoms with Crippen molar-refractivity contribution in [3.8, 4) is 5.75 Å². The SMILES string of the molecule is COc1cc(Br)cc(F)c1CC1CO1. The molecule has 0 radical (unpaired) electrons. The summed E-state index contributed by atoms with van der Waals surface area (Å²) < 4.78 is 24.4. The highest BCUT2D eigenvalue weighted by molar-refractivity contribution is 9.10. The first kappa shape index (κ1) is 9.93. The quantitative estimate of drug-likeness (QED) is 0.780. The van der Waals surface area contributed by atoms with E-state index < -0.39 is 0 Å². The first-order valence-electron chi connectivity index (χ1n) is 4.34. The highest BCUT2D eigenvalue weighted by Gasteiger charge is 2.26. The zero-order valence-corrected chi connectivity index (χ0v) is 9.30. The molecule has 1 aromatic rings. The Labute approximate surface area is 90.1 Å². The van der Waals surface area contributed by atoms with Gasteiger partial charge in [0.2, 0.25) is 0 Å². The van der Waals surface area contributed by atoms with Crippen molar-refractivity contribution in [3.05, 3.63) is 28.0 Å². The summed E-state index contributed by atoms with van der Waals surface area (Å²) in [6, 6.07) is 3.21. The molecule has 1 fully saturated rings. The molecule has 0 aliphatic carbocycles. The van der Waals surface area contributed by atoms with E-state index in [-0.39, 0.29) is 11.9 Å². The Morgan fingerprint density at radius 1 is 1.64 bits per heavy atom. The Morgan fingerprint density at radius 2 is 2.36 bits per heavy atom. The van der Waals surface area contributed by atoms with Crippen molar-refractivity contribution < 1.29 is 13.9 Å². The van der Waals surface area contributed by atoms with Gasteiger partial charge < -0.3 is 9.47 Å². The van der Waals surface area contributed by atoms with E-state index in [2.05, 4.69) is 15.9 Å². The number of rotatable bonds is 3. The molecule has 0 spiro atoms. The summed E-state index contributed by atoms with van der Waals surface area (Å²) in [7, 11) is 1.54. The molecule has 1 aliphatic heterocycles. The van der Waals surface area contributed by atoms with Crippen LogP contribution in [-0.4, -0.2) is 19.8 Å². The molecule has 1 heterocycles. The summed E-state index contributed by atoms with van der Waals surface area (Å²) in [6.07, 6.45) is 0.752. The van der Waals surface area contributed by atoms with Gasteiger partial charge in [-0.15, -0.1) is 0 Å². The second-order valence-corrected chi connectivity index (χ2v) is 4.14. The van der Waals surface area contributed by atoms with Crippen molar-refractivity contribution in [3.63, 3.8) is 0 Å². The maximum atomic E-state index is 13.5. The van der Waals surface area contributed by atoms with E-state index in [9.17, 15) is 4.39 Å². The molecule has 2 nitrogen and oxygen atoms in total. The second-order valence-electron chi connectivity index (χ2n) is 3.23. The predicted octanol–water partition coefficient (Wildman–Crippen LogP) is 2.54. The topological polar surface area (TPSA) is 21.8 Å². The van der Waals surface area contributed by atoms with E-state index in [1.165, 1.54) is 6.07 Å². The Morgan fingerprint density at radius 3 is 2.93 bits per heavy atom. The van der Waals surface area contributed by atoms with Crippen molar-refractivity contribution in [1.82, 2.24) is 0 Å². The standard InChI is InChI=1S/C10H10BrFO2/c1-13-10-3-6(11)2-9(12)8(10)4-7-5-14-7/h2-3,7H,4-5H2,1H3. The molecule has 0 bridgehead atoms. The van der Waals surface area contributed by atoms with Crippen LogP contribution in [0.4, 0.5) is 4.39 Å². The van der Waals surface area contributed by atoms with Gasteiger partial charge in [-0.25, -0.2) is 4.39 Å². The third-order valence-corrected chi connectivity index (χ3v) is 2.63. The minimum Gasteiger partial charge on any atom is -0.496 e. The van der Waals surface area contributed by atoms with Gasteiger partial charge in [-0.3, -0.25) is 0 Å². The lowest BCUT2D eigenvalue weighted by Crippen LogP contribution is -2.00. The van der Waals surface area contributed by atoms with E-state index in [4.69, 9.17) is 9.47 Å². The minimum absolute atomic E-state index is 0.166. The molecule has 1 unspecified atom stereocenters. The molecule has 1 aromatic carbocycles. The average Bonchev–Trinajstić information content (AvgIpc) is 2.93. The number of hydrogen-bond donors (Lipinski definition) is 0. The summed E-state index contributed by atoms with van der Waals surface area (Å²) in [5, 5.41) is 0. The van der Waals surface area contributed by atoms with Crippen molar-refractivity contribution in [2.45, 2.75) is 12.5 Å². The van der Waals surface area contributed by atoms with Crippen molar-refractivity contribution in [2.75, 3.05) is 13.7 Å². The third-order valence-electron chi connectivity index (χ3n) is 2.17. The van der Waals surface area contributed by atoms with Crippen molar-refractivity contribution >= 4 is 15.9 Å². The van der Waals surface area contributed by atoms with E-state index in [1.54, 1.807) is 13.2 Å². The summed E-state index contributed by atoms with van der Waals surface area (Å²) in [5.41, 5.74) is 0.596. The number of halogens is 2. The molecule has 0 aromatic heterocycles. The van der Waals surface area contributed by atoms with Crippen LogP contribution in [0.2, 0.25) is 0 Å². The number of benzene rings is 1.